The van der Waals surface area contributed by atoms with E-state index in [4.69, 9.17) is 4.74 Å². The zero-order chi connectivity index (χ0) is 16.6. The van der Waals surface area contributed by atoms with E-state index in [-0.39, 0.29) is 17.8 Å². The average molecular weight is 326 g/mol. The summed E-state index contributed by atoms with van der Waals surface area (Å²) in [5.74, 6) is 0.594. The molecule has 4 nitrogen and oxygen atoms in total. The molecule has 2 aromatic rings. The molecule has 1 atom stereocenters. The number of pyridine rings is 1. The van der Waals surface area contributed by atoms with Gasteiger partial charge in [0.25, 0.3) is 0 Å². The van der Waals surface area contributed by atoms with Crippen molar-refractivity contribution in [1.82, 2.24) is 9.88 Å². The summed E-state index contributed by atoms with van der Waals surface area (Å²) < 4.78 is 19.4. The van der Waals surface area contributed by atoms with E-state index >= 15 is 0 Å². The number of carbonyl (C=O) groups is 1. The topological polar surface area (TPSA) is 42.4 Å². The fourth-order valence-corrected chi connectivity index (χ4v) is 3.46. The Balaban J connectivity index is 1.44. The lowest BCUT2D eigenvalue weighted by molar-refractivity contribution is -0.133. The number of ether oxygens (including phenoxy) is 1. The Morgan fingerprint density at radius 3 is 2.75 bits per heavy atom. The van der Waals surface area contributed by atoms with Crippen LogP contribution in [0.25, 0.3) is 0 Å². The number of amides is 1. The van der Waals surface area contributed by atoms with Crippen LogP contribution in [0.5, 0.6) is 5.75 Å². The van der Waals surface area contributed by atoms with Gasteiger partial charge in [0, 0.05) is 25.4 Å². The highest BCUT2D eigenvalue weighted by atomic mass is 19.1. The lowest BCUT2D eigenvalue weighted by atomic mass is 9.94. The first-order chi connectivity index (χ1) is 11.7. The van der Waals surface area contributed by atoms with Crippen LogP contribution in [0.15, 0.2) is 48.8 Å². The Hall–Kier alpha value is -2.43. The lowest BCUT2D eigenvalue weighted by Gasteiger charge is -2.23. The van der Waals surface area contributed by atoms with Crippen molar-refractivity contribution < 1.29 is 13.9 Å². The maximum Gasteiger partial charge on any atom is 0.233 e. The van der Waals surface area contributed by atoms with Gasteiger partial charge >= 0.3 is 0 Å². The molecule has 5 heteroatoms. The number of nitrogens with zero attached hydrogens (tertiary/aromatic N) is 2. The molecule has 1 saturated carbocycles. The van der Waals surface area contributed by atoms with E-state index < -0.39 is 5.41 Å². The van der Waals surface area contributed by atoms with Gasteiger partial charge in [-0.05, 0) is 42.7 Å². The van der Waals surface area contributed by atoms with Crippen molar-refractivity contribution in [1.29, 1.82) is 0 Å². The number of benzene rings is 1. The Kier molecular flexibility index (Phi) is 3.71. The minimum Gasteiger partial charge on any atom is -0.488 e. The highest BCUT2D eigenvalue weighted by Crippen LogP contribution is 2.50. The van der Waals surface area contributed by atoms with E-state index in [1.165, 1.54) is 12.1 Å². The van der Waals surface area contributed by atoms with Crippen LogP contribution in [0.4, 0.5) is 4.39 Å². The molecule has 124 valence electrons. The Bertz CT molecular complexity index is 746. The molecule has 1 aliphatic carbocycles. The molecule has 1 amide bonds. The SMILES string of the molecule is O=C(N1CC[C@H](Oc2ccncc2)C1)C1(c2cccc(F)c2)CC1. The lowest BCUT2D eigenvalue weighted by Crippen LogP contribution is -2.38. The predicted octanol–water partition coefficient (Wildman–Crippen LogP) is 2.93. The van der Waals surface area contributed by atoms with Gasteiger partial charge in [-0.3, -0.25) is 9.78 Å². The maximum absolute atomic E-state index is 13.5. The van der Waals surface area contributed by atoms with E-state index in [0.29, 0.717) is 13.1 Å². The molecule has 1 aromatic carbocycles. The number of hydrogen-bond acceptors (Lipinski definition) is 3. The second-order valence-electron chi connectivity index (χ2n) is 6.56. The van der Waals surface area contributed by atoms with E-state index in [0.717, 1.165) is 30.6 Å². The number of likely N-dealkylation sites (tertiary alicyclic amines) is 1. The van der Waals surface area contributed by atoms with Crippen LogP contribution in [0, 0.1) is 5.82 Å². The molecule has 2 fully saturated rings. The third-order valence-electron chi connectivity index (χ3n) is 4.92. The van der Waals surface area contributed by atoms with Gasteiger partial charge in [-0.15, -0.1) is 0 Å². The number of rotatable bonds is 4. The standard InChI is InChI=1S/C19H19FN2O2/c20-15-3-1-2-14(12-15)19(7-8-19)18(23)22-11-6-17(13-22)24-16-4-9-21-10-5-16/h1-5,9-10,12,17H,6-8,11,13H2/t17-/m0/s1. The average Bonchev–Trinajstić information content (AvgIpc) is 3.29. The molecule has 2 heterocycles. The fraction of sp³-hybridized carbons (Fsp3) is 0.368. The number of hydrogen-bond donors (Lipinski definition) is 0. The summed E-state index contributed by atoms with van der Waals surface area (Å²) in [6.45, 7) is 1.27. The molecule has 1 saturated heterocycles. The number of aromatic nitrogens is 1. The van der Waals surface area contributed by atoms with E-state index in [1.54, 1.807) is 18.5 Å². The summed E-state index contributed by atoms with van der Waals surface area (Å²) in [6, 6.07) is 10.1. The summed E-state index contributed by atoms with van der Waals surface area (Å²) in [6.07, 6.45) is 5.78. The monoisotopic (exact) mass is 326 g/mol. The molecule has 0 bridgehead atoms. The first-order valence-electron chi connectivity index (χ1n) is 8.29. The van der Waals surface area contributed by atoms with Gasteiger partial charge in [-0.2, -0.15) is 0 Å². The van der Waals surface area contributed by atoms with Crippen LogP contribution >= 0.6 is 0 Å². The fourth-order valence-electron chi connectivity index (χ4n) is 3.46. The predicted molar refractivity (Wildman–Crippen MR) is 87.2 cm³/mol. The molecule has 1 aliphatic heterocycles. The normalized spacial score (nSPS) is 21.5. The summed E-state index contributed by atoms with van der Waals surface area (Å²) in [5.41, 5.74) is 0.277. The van der Waals surface area contributed by atoms with Crippen molar-refractivity contribution in [2.75, 3.05) is 13.1 Å². The smallest absolute Gasteiger partial charge is 0.233 e. The van der Waals surface area contributed by atoms with Crippen LogP contribution < -0.4 is 4.74 Å². The van der Waals surface area contributed by atoms with Crippen molar-refractivity contribution in [2.45, 2.75) is 30.8 Å². The van der Waals surface area contributed by atoms with Crippen LogP contribution in [0.1, 0.15) is 24.8 Å². The van der Waals surface area contributed by atoms with Gasteiger partial charge < -0.3 is 9.64 Å². The molecular weight excluding hydrogens is 307 g/mol. The summed E-state index contributed by atoms with van der Waals surface area (Å²) >= 11 is 0. The number of carbonyl (C=O) groups excluding carboxylic acids is 1. The van der Waals surface area contributed by atoms with Gasteiger partial charge in [0.15, 0.2) is 0 Å². The molecule has 2 aliphatic rings. The molecule has 0 radical (unpaired) electrons. The Morgan fingerprint density at radius 1 is 1.25 bits per heavy atom. The van der Waals surface area contributed by atoms with Crippen LogP contribution in [0.2, 0.25) is 0 Å². The third-order valence-corrected chi connectivity index (χ3v) is 4.92. The largest absolute Gasteiger partial charge is 0.488 e. The van der Waals surface area contributed by atoms with E-state index in [2.05, 4.69) is 4.98 Å². The second-order valence-corrected chi connectivity index (χ2v) is 6.56. The van der Waals surface area contributed by atoms with Crippen LogP contribution in [-0.2, 0) is 10.2 Å². The van der Waals surface area contributed by atoms with Crippen LogP contribution in [0.3, 0.4) is 0 Å². The first kappa shape index (κ1) is 15.1. The highest BCUT2D eigenvalue weighted by Gasteiger charge is 2.54. The molecule has 0 unspecified atom stereocenters. The van der Waals surface area contributed by atoms with Gasteiger partial charge in [-0.25, -0.2) is 4.39 Å². The molecular formula is C19H19FN2O2. The van der Waals surface area contributed by atoms with Gasteiger partial charge in [0.1, 0.15) is 17.7 Å². The van der Waals surface area contributed by atoms with E-state index in [9.17, 15) is 9.18 Å². The van der Waals surface area contributed by atoms with Gasteiger partial charge in [0.05, 0.1) is 12.0 Å². The van der Waals surface area contributed by atoms with Crippen molar-refractivity contribution in [3.63, 3.8) is 0 Å². The Labute approximate surface area is 140 Å². The molecule has 24 heavy (non-hydrogen) atoms. The molecule has 1 aromatic heterocycles. The van der Waals surface area contributed by atoms with Crippen molar-refractivity contribution >= 4 is 5.91 Å². The molecule has 0 spiro atoms. The summed E-state index contributed by atoms with van der Waals surface area (Å²) in [5, 5.41) is 0. The minimum absolute atomic E-state index is 0.000315. The quantitative estimate of drug-likeness (QED) is 0.867. The highest BCUT2D eigenvalue weighted by molar-refractivity contribution is 5.91. The van der Waals surface area contributed by atoms with Crippen LogP contribution in [-0.4, -0.2) is 35.0 Å². The van der Waals surface area contributed by atoms with Crippen molar-refractivity contribution in [2.24, 2.45) is 0 Å². The van der Waals surface area contributed by atoms with E-state index in [1.807, 2.05) is 23.1 Å². The molecule has 4 rings (SSSR count). The Morgan fingerprint density at radius 2 is 2.04 bits per heavy atom. The third kappa shape index (κ3) is 2.75. The maximum atomic E-state index is 13.5. The van der Waals surface area contributed by atoms with Crippen molar-refractivity contribution in [3.05, 3.63) is 60.2 Å². The summed E-state index contributed by atoms with van der Waals surface area (Å²) in [4.78, 5) is 18.8. The summed E-state index contributed by atoms with van der Waals surface area (Å²) in [7, 11) is 0. The zero-order valence-electron chi connectivity index (χ0n) is 13.3. The second kappa shape index (κ2) is 5.89. The molecule has 0 N–H and O–H groups in total. The van der Waals surface area contributed by atoms with Gasteiger partial charge in [0.2, 0.25) is 5.91 Å². The number of halogens is 1. The van der Waals surface area contributed by atoms with Gasteiger partial charge in [-0.1, -0.05) is 12.1 Å². The first-order valence-corrected chi connectivity index (χ1v) is 8.29. The zero-order valence-corrected chi connectivity index (χ0v) is 13.3. The minimum atomic E-state index is -0.520. The van der Waals surface area contributed by atoms with Crippen molar-refractivity contribution in [3.8, 4) is 5.75 Å².